The molecule has 2 aromatic rings. The molecule has 0 bridgehead atoms. The molecule has 1 aromatic heterocycles. The number of nitrogens with zero attached hydrogens (tertiary/aromatic N) is 2. The first-order valence-corrected chi connectivity index (χ1v) is 7.44. The maximum atomic E-state index is 5.31. The summed E-state index contributed by atoms with van der Waals surface area (Å²) < 4.78 is 7.42. The van der Waals surface area contributed by atoms with E-state index in [-0.39, 0.29) is 6.04 Å². The van der Waals surface area contributed by atoms with Crippen molar-refractivity contribution in [2.45, 2.75) is 39.8 Å². The van der Waals surface area contributed by atoms with Crippen LogP contribution in [-0.4, -0.2) is 23.9 Å². The summed E-state index contributed by atoms with van der Waals surface area (Å²) in [5.74, 6) is 0.885. The molecule has 4 nitrogen and oxygen atoms in total. The van der Waals surface area contributed by atoms with Crippen molar-refractivity contribution in [3.05, 3.63) is 46.8 Å². The van der Waals surface area contributed by atoms with Crippen molar-refractivity contribution in [1.29, 1.82) is 0 Å². The van der Waals surface area contributed by atoms with Crippen LogP contribution in [0, 0.1) is 13.8 Å². The third-order valence-electron chi connectivity index (χ3n) is 4.09. The van der Waals surface area contributed by atoms with E-state index in [4.69, 9.17) is 4.74 Å². The average Bonchev–Trinajstić information content (AvgIpc) is 2.78. The van der Waals surface area contributed by atoms with E-state index in [0.29, 0.717) is 0 Å². The lowest BCUT2D eigenvalue weighted by Crippen LogP contribution is -2.23. The van der Waals surface area contributed by atoms with Crippen LogP contribution in [0.25, 0.3) is 0 Å². The Balaban J connectivity index is 2.26. The van der Waals surface area contributed by atoms with Crippen LogP contribution in [0.1, 0.15) is 35.5 Å². The molecule has 0 spiro atoms. The largest absolute Gasteiger partial charge is 0.497 e. The molecule has 0 aliphatic rings. The van der Waals surface area contributed by atoms with Gasteiger partial charge in [-0.3, -0.25) is 4.68 Å². The van der Waals surface area contributed by atoms with Crippen molar-refractivity contribution in [1.82, 2.24) is 15.1 Å². The maximum absolute atomic E-state index is 5.31. The lowest BCUT2D eigenvalue weighted by atomic mass is 10.1. The first kappa shape index (κ1) is 15.6. The van der Waals surface area contributed by atoms with Crippen molar-refractivity contribution in [3.63, 3.8) is 0 Å². The Labute approximate surface area is 127 Å². The smallest absolute Gasteiger partial charge is 0.119 e. The summed E-state index contributed by atoms with van der Waals surface area (Å²) in [5, 5.41) is 8.06. The van der Waals surface area contributed by atoms with Crippen LogP contribution in [0.4, 0.5) is 0 Å². The number of ether oxygens (including phenoxy) is 1. The number of likely N-dealkylation sites (N-methyl/N-ethyl adjacent to an activating group) is 1. The molecule has 1 N–H and O–H groups in total. The van der Waals surface area contributed by atoms with Crippen LogP contribution in [-0.2, 0) is 13.0 Å². The number of benzene rings is 1. The Morgan fingerprint density at radius 3 is 2.67 bits per heavy atom. The molecule has 1 unspecified atom stereocenters. The van der Waals surface area contributed by atoms with E-state index < -0.39 is 0 Å². The molecule has 114 valence electrons. The predicted molar refractivity (Wildman–Crippen MR) is 85.9 cm³/mol. The summed E-state index contributed by atoms with van der Waals surface area (Å²) in [6.07, 6.45) is 1.03. The lowest BCUT2D eigenvalue weighted by molar-refractivity contribution is 0.410. The molecular formula is C17H25N3O. The highest BCUT2D eigenvalue weighted by Crippen LogP contribution is 2.22. The van der Waals surface area contributed by atoms with Crippen LogP contribution in [0.15, 0.2) is 24.3 Å². The van der Waals surface area contributed by atoms with Gasteiger partial charge in [0.05, 0.1) is 25.4 Å². The second-order valence-electron chi connectivity index (χ2n) is 5.30. The summed E-state index contributed by atoms with van der Waals surface area (Å²) in [4.78, 5) is 0. The van der Waals surface area contributed by atoms with E-state index in [2.05, 4.69) is 48.0 Å². The van der Waals surface area contributed by atoms with Gasteiger partial charge in [0.25, 0.3) is 0 Å². The molecule has 0 aliphatic heterocycles. The van der Waals surface area contributed by atoms with Crippen molar-refractivity contribution >= 4 is 0 Å². The quantitative estimate of drug-likeness (QED) is 0.887. The normalized spacial score (nSPS) is 12.4. The summed E-state index contributed by atoms with van der Waals surface area (Å²) in [6, 6.07) is 8.40. The van der Waals surface area contributed by atoms with E-state index in [1.165, 1.54) is 16.8 Å². The van der Waals surface area contributed by atoms with Gasteiger partial charge in [0.15, 0.2) is 0 Å². The van der Waals surface area contributed by atoms with Gasteiger partial charge in [-0.05, 0) is 50.6 Å². The van der Waals surface area contributed by atoms with E-state index in [0.717, 1.165) is 24.4 Å². The molecule has 0 radical (unpaired) electrons. The van der Waals surface area contributed by atoms with Crippen LogP contribution >= 0.6 is 0 Å². The van der Waals surface area contributed by atoms with Gasteiger partial charge in [-0.15, -0.1) is 0 Å². The third-order valence-corrected chi connectivity index (χ3v) is 4.09. The number of hydrogen-bond acceptors (Lipinski definition) is 3. The highest BCUT2D eigenvalue weighted by Gasteiger charge is 2.15. The second kappa shape index (κ2) is 6.76. The average molecular weight is 287 g/mol. The minimum absolute atomic E-state index is 0.211. The van der Waals surface area contributed by atoms with E-state index in [1.54, 1.807) is 7.11 Å². The van der Waals surface area contributed by atoms with Crippen LogP contribution in [0.2, 0.25) is 0 Å². The summed E-state index contributed by atoms with van der Waals surface area (Å²) in [7, 11) is 3.68. The molecule has 0 aliphatic carbocycles. The van der Waals surface area contributed by atoms with Crippen molar-refractivity contribution in [2.75, 3.05) is 14.2 Å². The number of nitrogens with one attached hydrogen (secondary N) is 1. The molecule has 1 heterocycles. The molecule has 21 heavy (non-hydrogen) atoms. The Kier molecular flexibility index (Phi) is 5.02. The van der Waals surface area contributed by atoms with E-state index >= 15 is 0 Å². The Morgan fingerprint density at radius 2 is 2.10 bits per heavy atom. The Bertz CT molecular complexity index is 604. The third kappa shape index (κ3) is 3.27. The minimum atomic E-state index is 0.211. The summed E-state index contributed by atoms with van der Waals surface area (Å²) in [6.45, 7) is 7.23. The van der Waals surface area contributed by atoms with Crippen molar-refractivity contribution in [2.24, 2.45) is 0 Å². The first-order valence-electron chi connectivity index (χ1n) is 7.44. The molecule has 0 saturated heterocycles. The molecular weight excluding hydrogens is 262 g/mol. The minimum Gasteiger partial charge on any atom is -0.497 e. The second-order valence-corrected chi connectivity index (χ2v) is 5.30. The number of rotatable bonds is 6. The van der Waals surface area contributed by atoms with Gasteiger partial charge >= 0.3 is 0 Å². The van der Waals surface area contributed by atoms with E-state index in [9.17, 15) is 0 Å². The molecule has 4 heteroatoms. The zero-order valence-electron chi connectivity index (χ0n) is 13.6. The maximum Gasteiger partial charge on any atom is 0.119 e. The fraction of sp³-hybridized carbons (Fsp3) is 0.471. The van der Waals surface area contributed by atoms with Gasteiger partial charge < -0.3 is 10.1 Å². The van der Waals surface area contributed by atoms with Crippen LogP contribution in [0.5, 0.6) is 5.75 Å². The van der Waals surface area contributed by atoms with E-state index in [1.807, 2.05) is 19.2 Å². The predicted octanol–water partition coefficient (Wildman–Crippen LogP) is 3.03. The number of aromatic nitrogens is 2. The van der Waals surface area contributed by atoms with Gasteiger partial charge in [-0.2, -0.15) is 5.10 Å². The zero-order valence-corrected chi connectivity index (χ0v) is 13.6. The summed E-state index contributed by atoms with van der Waals surface area (Å²) in [5.41, 5.74) is 4.96. The summed E-state index contributed by atoms with van der Waals surface area (Å²) >= 11 is 0. The fourth-order valence-electron chi connectivity index (χ4n) is 2.82. The number of aryl methyl sites for hydroxylation is 1. The van der Waals surface area contributed by atoms with Crippen LogP contribution in [0.3, 0.4) is 0 Å². The van der Waals surface area contributed by atoms with Gasteiger partial charge in [-0.1, -0.05) is 19.1 Å². The highest BCUT2D eigenvalue weighted by atomic mass is 16.5. The monoisotopic (exact) mass is 287 g/mol. The van der Waals surface area contributed by atoms with Gasteiger partial charge in [-0.25, -0.2) is 0 Å². The number of hydrogen-bond donors (Lipinski definition) is 1. The highest BCUT2D eigenvalue weighted by molar-refractivity contribution is 5.31. The Morgan fingerprint density at radius 1 is 1.33 bits per heavy atom. The zero-order chi connectivity index (χ0) is 15.4. The van der Waals surface area contributed by atoms with Crippen molar-refractivity contribution in [3.8, 4) is 5.75 Å². The van der Waals surface area contributed by atoms with Crippen molar-refractivity contribution < 1.29 is 4.74 Å². The SMILES string of the molecule is CCc1c(C)nn(CC(NC)c2cccc(OC)c2)c1C. The topological polar surface area (TPSA) is 39.1 Å². The Hall–Kier alpha value is -1.81. The molecule has 2 rings (SSSR count). The molecule has 0 fully saturated rings. The van der Waals surface area contributed by atoms with Gasteiger partial charge in [0.2, 0.25) is 0 Å². The lowest BCUT2D eigenvalue weighted by Gasteiger charge is -2.18. The standard InChI is InChI=1S/C17H25N3O/c1-6-16-12(2)19-20(13(16)3)11-17(18-4)14-8-7-9-15(10-14)21-5/h7-10,17-18H,6,11H2,1-5H3. The fourth-order valence-corrected chi connectivity index (χ4v) is 2.82. The first-order chi connectivity index (χ1) is 10.1. The molecule has 1 atom stereocenters. The molecule has 0 amide bonds. The number of methoxy groups -OCH3 is 1. The molecule has 1 aromatic carbocycles. The van der Waals surface area contributed by atoms with Gasteiger partial charge in [0, 0.05) is 5.69 Å². The van der Waals surface area contributed by atoms with Crippen LogP contribution < -0.4 is 10.1 Å². The molecule has 0 saturated carbocycles. The van der Waals surface area contributed by atoms with Gasteiger partial charge in [0.1, 0.15) is 5.75 Å².